The van der Waals surface area contributed by atoms with E-state index in [1.165, 1.54) is 12.1 Å². The van der Waals surface area contributed by atoms with Crippen LogP contribution in [0.3, 0.4) is 0 Å². The van der Waals surface area contributed by atoms with Crippen molar-refractivity contribution >= 4 is 80.1 Å². The first-order valence-electron chi connectivity index (χ1n) is 3.30. The Morgan fingerprint density at radius 2 is 1.56 bits per heavy atom. The molecule has 0 bridgehead atoms. The van der Waals surface area contributed by atoms with Gasteiger partial charge in [-0.1, -0.05) is 6.07 Å². The number of anilines is 1. The Kier molecular flexibility index (Phi) is 16.3. The first-order chi connectivity index (χ1) is 6.33. The van der Waals surface area contributed by atoms with Gasteiger partial charge in [0, 0.05) is 0 Å². The molecule has 96 valence electrons. The second-order valence-electron chi connectivity index (χ2n) is 2.08. The standard InChI is InChI=1S/C6H7FN2.6ClH.Sn/c7-5-2-1-3-6(4-5)9-8;;;;;;;/h1-4,9H,8H2;6*1H;/q;;;;;;;+4/p-4. The Bertz CT molecular complexity index is 278. The quantitative estimate of drug-likeness (QED) is 0.373. The van der Waals surface area contributed by atoms with Crippen LogP contribution in [0.2, 0.25) is 0 Å². The fourth-order valence-corrected chi connectivity index (χ4v) is 0.578. The normalized spacial score (nSPS) is 8.88. The van der Waals surface area contributed by atoms with E-state index in [1.807, 2.05) is 0 Å². The third kappa shape index (κ3) is 17.8. The zero-order chi connectivity index (χ0) is 11.2. The van der Waals surface area contributed by atoms with Crippen molar-refractivity contribution in [1.82, 2.24) is 0 Å². The van der Waals surface area contributed by atoms with Crippen molar-refractivity contribution in [3.63, 3.8) is 0 Å². The zero-order valence-corrected chi connectivity index (χ0v) is 15.1. The summed E-state index contributed by atoms with van der Waals surface area (Å²) in [6, 6.07) is 5.95. The van der Waals surface area contributed by atoms with Crippen LogP contribution in [-0.4, -0.2) is 13.9 Å². The van der Waals surface area contributed by atoms with Crippen molar-refractivity contribution in [1.29, 1.82) is 0 Å². The molecule has 0 aliphatic heterocycles. The molecule has 0 aliphatic rings. The summed E-state index contributed by atoms with van der Waals surface area (Å²) in [6.45, 7) is 0. The van der Waals surface area contributed by atoms with Crippen LogP contribution in [0.25, 0.3) is 0 Å². The summed E-state index contributed by atoms with van der Waals surface area (Å²) >= 11 is -3.29. The van der Waals surface area contributed by atoms with Gasteiger partial charge in [-0.05, 0) is 18.2 Å². The summed E-state index contributed by atoms with van der Waals surface area (Å²) in [6.07, 6.45) is 0. The molecule has 1 aromatic rings. The molecule has 0 unspecified atom stereocenters. The summed E-state index contributed by atoms with van der Waals surface area (Å²) in [7, 11) is 20.1. The fourth-order valence-electron chi connectivity index (χ4n) is 0.578. The van der Waals surface area contributed by atoms with E-state index in [9.17, 15) is 4.39 Å². The van der Waals surface area contributed by atoms with Crippen molar-refractivity contribution in [3.05, 3.63) is 30.1 Å². The molecule has 3 N–H and O–H groups in total. The van der Waals surface area contributed by atoms with Gasteiger partial charge in [0.1, 0.15) is 5.82 Å². The Morgan fingerprint density at radius 1 is 1.12 bits per heavy atom. The van der Waals surface area contributed by atoms with Crippen molar-refractivity contribution in [2.45, 2.75) is 0 Å². The number of hydrogen-bond donors (Lipinski definition) is 2. The van der Waals surface area contributed by atoms with Crippen molar-refractivity contribution in [2.75, 3.05) is 5.43 Å². The van der Waals surface area contributed by atoms with Crippen LogP contribution in [-0.2, 0) is 0 Å². The van der Waals surface area contributed by atoms with Crippen molar-refractivity contribution in [2.24, 2.45) is 5.84 Å². The predicted octanol–water partition coefficient (Wildman–Crippen LogP) is 4.33. The van der Waals surface area contributed by atoms with E-state index in [4.69, 9.17) is 41.5 Å². The van der Waals surface area contributed by atoms with Gasteiger partial charge >= 0.3 is 49.6 Å². The van der Waals surface area contributed by atoms with E-state index in [0.29, 0.717) is 5.69 Å². The Labute approximate surface area is 124 Å². The molecule has 0 saturated heterocycles. The first kappa shape index (κ1) is 22.6. The third-order valence-corrected chi connectivity index (χ3v) is 0.991. The molecular weight excluding hydrogens is 451 g/mol. The average molecular weight is 460 g/mol. The molecule has 0 heterocycles. The van der Waals surface area contributed by atoms with Crippen LogP contribution in [0, 0.1) is 5.82 Å². The van der Waals surface area contributed by atoms with Crippen LogP contribution >= 0.6 is 60.5 Å². The van der Waals surface area contributed by atoms with Gasteiger partial charge in [0.05, 0.1) is 5.69 Å². The average Bonchev–Trinajstić information content (AvgIpc) is 2.01. The van der Waals surface area contributed by atoms with E-state index < -0.39 is 13.9 Å². The SMILES string of the molecule is Cl.Cl.NNc1cccc(F)c1.[Cl][Sn]([Cl])([Cl])[Cl]. The van der Waals surface area contributed by atoms with Gasteiger partial charge in [-0.15, -0.1) is 24.8 Å². The summed E-state index contributed by atoms with van der Waals surface area (Å²) in [5, 5.41) is 0. The van der Waals surface area contributed by atoms with Gasteiger partial charge in [0.2, 0.25) is 0 Å². The maximum absolute atomic E-state index is 12.3. The molecule has 0 aliphatic carbocycles. The van der Waals surface area contributed by atoms with E-state index in [2.05, 4.69) is 5.43 Å². The number of nitrogens with one attached hydrogen (secondary N) is 1. The number of nitrogens with two attached hydrogens (primary N) is 1. The molecule has 0 radical (unpaired) electrons. The van der Waals surface area contributed by atoms with E-state index in [1.54, 1.807) is 12.1 Å². The molecular formula is C6H9Cl6FN2Sn. The third-order valence-electron chi connectivity index (χ3n) is 0.991. The van der Waals surface area contributed by atoms with Crippen molar-refractivity contribution < 1.29 is 4.39 Å². The Balaban J connectivity index is -0.000000214. The van der Waals surface area contributed by atoms with Crippen LogP contribution in [0.4, 0.5) is 10.1 Å². The predicted molar refractivity (Wildman–Crippen MR) is 77.9 cm³/mol. The minimum absolute atomic E-state index is 0. The zero-order valence-electron chi connectivity index (χ0n) is 7.59. The number of rotatable bonds is 1. The molecule has 1 aromatic carbocycles. The number of halogens is 7. The number of nitrogen functional groups attached to an aromatic ring is 1. The monoisotopic (exact) mass is 458 g/mol. The van der Waals surface area contributed by atoms with Crippen LogP contribution in [0.15, 0.2) is 24.3 Å². The van der Waals surface area contributed by atoms with Gasteiger partial charge in [-0.3, -0.25) is 5.84 Å². The molecule has 0 spiro atoms. The van der Waals surface area contributed by atoms with Gasteiger partial charge in [-0.25, -0.2) is 4.39 Å². The second kappa shape index (κ2) is 11.5. The molecule has 0 aromatic heterocycles. The number of benzene rings is 1. The molecule has 0 saturated carbocycles. The maximum atomic E-state index is 12.3. The first-order valence-corrected chi connectivity index (χ1v) is 17.8. The van der Waals surface area contributed by atoms with Crippen LogP contribution in [0.1, 0.15) is 0 Å². The molecule has 0 fully saturated rings. The van der Waals surface area contributed by atoms with Gasteiger partial charge < -0.3 is 5.43 Å². The van der Waals surface area contributed by atoms with E-state index in [-0.39, 0.29) is 30.6 Å². The van der Waals surface area contributed by atoms with E-state index in [0.717, 1.165) is 0 Å². The molecule has 0 atom stereocenters. The second-order valence-corrected chi connectivity index (χ2v) is 27.5. The number of hydrogen-bond acceptors (Lipinski definition) is 2. The van der Waals surface area contributed by atoms with Crippen LogP contribution < -0.4 is 11.3 Å². The Morgan fingerprint density at radius 3 is 1.81 bits per heavy atom. The summed E-state index contributed by atoms with van der Waals surface area (Å²) < 4.78 is 12.3. The number of hydrazine groups is 1. The molecule has 2 nitrogen and oxygen atoms in total. The Hall–Kier alpha value is 1.45. The molecule has 16 heavy (non-hydrogen) atoms. The molecule has 10 heteroatoms. The van der Waals surface area contributed by atoms with Gasteiger partial charge in [0.25, 0.3) is 0 Å². The molecule has 0 amide bonds. The van der Waals surface area contributed by atoms with Crippen molar-refractivity contribution in [3.8, 4) is 0 Å². The van der Waals surface area contributed by atoms with Gasteiger partial charge in [-0.2, -0.15) is 0 Å². The summed E-state index contributed by atoms with van der Waals surface area (Å²) in [4.78, 5) is 0. The summed E-state index contributed by atoms with van der Waals surface area (Å²) in [5.74, 6) is 4.72. The van der Waals surface area contributed by atoms with E-state index >= 15 is 0 Å². The molecule has 1 rings (SSSR count). The fraction of sp³-hybridized carbons (Fsp3) is 0. The summed E-state index contributed by atoms with van der Waals surface area (Å²) in [5.41, 5.74) is 2.91. The van der Waals surface area contributed by atoms with Crippen LogP contribution in [0.5, 0.6) is 0 Å². The topological polar surface area (TPSA) is 38.0 Å². The minimum atomic E-state index is -3.29. The van der Waals surface area contributed by atoms with Gasteiger partial charge in [0.15, 0.2) is 0 Å².